The summed E-state index contributed by atoms with van der Waals surface area (Å²) in [4.78, 5) is 56.1. The number of carbonyl (C=O) groups excluding carboxylic acids is 4. The first-order chi connectivity index (χ1) is 15.8. The number of nitrogens with one attached hydrogen (secondary N) is 1. The van der Waals surface area contributed by atoms with Gasteiger partial charge in [0.05, 0.1) is 5.56 Å². The number of ether oxygens (including phenoxy) is 1. The van der Waals surface area contributed by atoms with E-state index in [2.05, 4.69) is 26.2 Å². The molecule has 1 aliphatic rings. The Hall–Kier alpha value is -3.65. The van der Waals surface area contributed by atoms with Crippen LogP contribution in [0.1, 0.15) is 43.5 Å². The van der Waals surface area contributed by atoms with Crippen LogP contribution in [0.15, 0.2) is 65.4 Å². The molecule has 1 aromatic heterocycles. The Balaban J connectivity index is 1.72. The minimum atomic E-state index is -1.55. The fraction of sp³-hybridized carbons (Fsp3) is 0.160. The van der Waals surface area contributed by atoms with E-state index in [0.29, 0.717) is 11.3 Å². The lowest BCUT2D eigenvalue weighted by Gasteiger charge is -2.21. The van der Waals surface area contributed by atoms with Crippen LogP contribution in [0.5, 0.6) is 0 Å². The van der Waals surface area contributed by atoms with Crippen LogP contribution in [0.25, 0.3) is 0 Å². The second kappa shape index (κ2) is 9.07. The molecule has 2 unspecified atom stereocenters. The summed E-state index contributed by atoms with van der Waals surface area (Å²) in [6.07, 6.45) is 1.62. The number of ketones is 2. The van der Waals surface area contributed by atoms with Gasteiger partial charge >= 0.3 is 5.97 Å². The molecule has 1 amide bonds. The van der Waals surface area contributed by atoms with E-state index in [1.54, 1.807) is 38.1 Å². The standard InChI is InChI=1S/C25H19BrN2O5/c1-13-11-16(26)12-14(2)20(13)28-24(31)22(30)19(21(29)15-7-9-27-10-8-15)23-17-5-3-4-6-18(17)25(32)33-23/h3-12,19,23H,1-2H3,(H,28,31). The van der Waals surface area contributed by atoms with Crippen LogP contribution in [0.4, 0.5) is 5.69 Å². The Morgan fingerprint density at radius 3 is 2.33 bits per heavy atom. The normalized spacial score (nSPS) is 15.4. The summed E-state index contributed by atoms with van der Waals surface area (Å²) < 4.78 is 6.27. The zero-order valence-electron chi connectivity index (χ0n) is 17.8. The van der Waals surface area contributed by atoms with Crippen molar-refractivity contribution in [3.63, 3.8) is 0 Å². The predicted octanol–water partition coefficient (Wildman–Crippen LogP) is 4.38. The van der Waals surface area contributed by atoms with Gasteiger partial charge in [-0.2, -0.15) is 0 Å². The maximum atomic E-state index is 13.4. The Morgan fingerprint density at radius 2 is 1.67 bits per heavy atom. The van der Waals surface area contributed by atoms with E-state index in [1.165, 1.54) is 24.5 Å². The van der Waals surface area contributed by atoms with Crippen LogP contribution in [0, 0.1) is 19.8 Å². The molecule has 2 atom stereocenters. The number of hydrogen-bond acceptors (Lipinski definition) is 6. The third kappa shape index (κ3) is 4.34. The maximum absolute atomic E-state index is 13.4. The number of halogens is 1. The van der Waals surface area contributed by atoms with Gasteiger partial charge in [0.1, 0.15) is 12.0 Å². The summed E-state index contributed by atoms with van der Waals surface area (Å²) in [6, 6.07) is 13.0. The molecule has 4 rings (SSSR count). The summed E-state index contributed by atoms with van der Waals surface area (Å²) in [5.74, 6) is -4.77. The smallest absolute Gasteiger partial charge is 0.339 e. The largest absolute Gasteiger partial charge is 0.453 e. The molecular formula is C25H19BrN2O5. The van der Waals surface area contributed by atoms with Crippen LogP contribution >= 0.6 is 15.9 Å². The second-order valence-corrected chi connectivity index (χ2v) is 8.64. The van der Waals surface area contributed by atoms with E-state index in [4.69, 9.17) is 4.74 Å². The SMILES string of the molecule is Cc1cc(Br)cc(C)c1NC(=O)C(=O)C(C(=O)c1ccncc1)C1OC(=O)c2ccccc21. The number of hydrogen-bond donors (Lipinski definition) is 1. The zero-order chi connectivity index (χ0) is 23.7. The molecule has 1 N–H and O–H groups in total. The lowest BCUT2D eigenvalue weighted by Crippen LogP contribution is -2.38. The molecule has 0 saturated carbocycles. The first kappa shape index (κ1) is 22.5. The molecule has 0 spiro atoms. The number of esters is 1. The summed E-state index contributed by atoms with van der Waals surface area (Å²) in [6.45, 7) is 3.60. The average molecular weight is 507 g/mol. The number of benzene rings is 2. The monoisotopic (exact) mass is 506 g/mol. The van der Waals surface area contributed by atoms with Crippen molar-refractivity contribution in [1.29, 1.82) is 0 Å². The van der Waals surface area contributed by atoms with Gasteiger partial charge in [-0.25, -0.2) is 4.79 Å². The molecule has 0 aliphatic carbocycles. The molecule has 166 valence electrons. The Bertz CT molecular complexity index is 1270. The molecule has 1 aliphatic heterocycles. The quantitative estimate of drug-likeness (QED) is 0.230. The molecule has 33 heavy (non-hydrogen) atoms. The molecule has 0 saturated heterocycles. The predicted molar refractivity (Wildman–Crippen MR) is 124 cm³/mol. The van der Waals surface area contributed by atoms with Crippen molar-refractivity contribution < 1.29 is 23.9 Å². The van der Waals surface area contributed by atoms with E-state index in [9.17, 15) is 19.2 Å². The van der Waals surface area contributed by atoms with E-state index in [0.717, 1.165) is 15.6 Å². The third-order valence-corrected chi connectivity index (χ3v) is 5.97. The van der Waals surface area contributed by atoms with Crippen LogP contribution in [0.3, 0.4) is 0 Å². The second-order valence-electron chi connectivity index (χ2n) is 7.72. The van der Waals surface area contributed by atoms with Crippen molar-refractivity contribution in [1.82, 2.24) is 4.98 Å². The van der Waals surface area contributed by atoms with Crippen molar-refractivity contribution in [2.45, 2.75) is 20.0 Å². The van der Waals surface area contributed by atoms with Gasteiger partial charge < -0.3 is 10.1 Å². The van der Waals surface area contributed by atoms with Crippen molar-refractivity contribution in [2.24, 2.45) is 5.92 Å². The number of Topliss-reactive ketones (excluding diaryl/α,β-unsaturated/α-hetero) is 2. The first-order valence-corrected chi connectivity index (χ1v) is 10.9. The van der Waals surface area contributed by atoms with Crippen molar-refractivity contribution in [2.75, 3.05) is 5.32 Å². The van der Waals surface area contributed by atoms with Crippen molar-refractivity contribution in [3.05, 3.63) is 93.2 Å². The number of rotatable bonds is 6. The molecule has 0 bridgehead atoms. The third-order valence-electron chi connectivity index (χ3n) is 5.51. The Morgan fingerprint density at radius 1 is 1.03 bits per heavy atom. The number of aromatic nitrogens is 1. The van der Waals surface area contributed by atoms with Gasteiger partial charge in [-0.15, -0.1) is 0 Å². The molecule has 2 aromatic carbocycles. The van der Waals surface area contributed by atoms with E-state index in [1.807, 2.05) is 12.1 Å². The summed E-state index contributed by atoms with van der Waals surface area (Å²) in [7, 11) is 0. The topological polar surface area (TPSA) is 102 Å². The highest BCUT2D eigenvalue weighted by Gasteiger charge is 2.46. The van der Waals surface area contributed by atoms with Gasteiger partial charge in [-0.05, 0) is 55.3 Å². The Kier molecular flexibility index (Phi) is 6.20. The molecule has 8 heteroatoms. The highest BCUT2D eigenvalue weighted by molar-refractivity contribution is 9.10. The average Bonchev–Trinajstić information content (AvgIpc) is 3.13. The van der Waals surface area contributed by atoms with E-state index < -0.39 is 35.5 Å². The number of carbonyl (C=O) groups is 4. The number of fused-ring (bicyclic) bond motifs is 1. The van der Waals surface area contributed by atoms with Gasteiger partial charge in [0.15, 0.2) is 5.78 Å². The van der Waals surface area contributed by atoms with Gasteiger partial charge in [0, 0.05) is 33.7 Å². The number of cyclic esters (lactones) is 1. The zero-order valence-corrected chi connectivity index (χ0v) is 19.4. The van der Waals surface area contributed by atoms with Crippen LogP contribution < -0.4 is 5.32 Å². The summed E-state index contributed by atoms with van der Waals surface area (Å²) in [5, 5.41) is 2.64. The molecule has 0 radical (unpaired) electrons. The van der Waals surface area contributed by atoms with E-state index >= 15 is 0 Å². The molecular weight excluding hydrogens is 488 g/mol. The molecule has 0 fully saturated rings. The summed E-state index contributed by atoms with van der Waals surface area (Å²) >= 11 is 3.40. The van der Waals surface area contributed by atoms with Gasteiger partial charge in [0.25, 0.3) is 5.91 Å². The van der Waals surface area contributed by atoms with Gasteiger partial charge in [-0.3, -0.25) is 19.4 Å². The van der Waals surface area contributed by atoms with E-state index in [-0.39, 0.29) is 11.1 Å². The highest BCUT2D eigenvalue weighted by Crippen LogP contribution is 2.38. The fourth-order valence-electron chi connectivity index (χ4n) is 3.93. The Labute approximate surface area is 198 Å². The highest BCUT2D eigenvalue weighted by atomic mass is 79.9. The lowest BCUT2D eigenvalue weighted by molar-refractivity contribution is -0.138. The number of anilines is 1. The van der Waals surface area contributed by atoms with Crippen molar-refractivity contribution in [3.8, 4) is 0 Å². The van der Waals surface area contributed by atoms with Gasteiger partial charge in [0.2, 0.25) is 5.78 Å². The summed E-state index contributed by atoms with van der Waals surface area (Å²) in [5.41, 5.74) is 2.83. The van der Waals surface area contributed by atoms with Crippen LogP contribution in [-0.4, -0.2) is 28.4 Å². The van der Waals surface area contributed by atoms with Crippen LogP contribution in [0.2, 0.25) is 0 Å². The number of nitrogens with zero attached hydrogens (tertiary/aromatic N) is 1. The lowest BCUT2D eigenvalue weighted by atomic mass is 9.84. The van der Waals surface area contributed by atoms with Crippen LogP contribution in [-0.2, 0) is 14.3 Å². The number of amides is 1. The van der Waals surface area contributed by atoms with Crippen molar-refractivity contribution >= 4 is 45.1 Å². The maximum Gasteiger partial charge on any atom is 0.339 e. The molecule has 2 heterocycles. The fourth-order valence-corrected chi connectivity index (χ4v) is 4.62. The molecule has 3 aromatic rings. The first-order valence-electron chi connectivity index (χ1n) is 10.1. The minimum absolute atomic E-state index is 0.188. The number of pyridine rings is 1. The number of aryl methyl sites for hydroxylation is 2. The van der Waals surface area contributed by atoms with Gasteiger partial charge in [-0.1, -0.05) is 34.1 Å². The molecule has 7 nitrogen and oxygen atoms in total. The minimum Gasteiger partial charge on any atom is -0.453 e.